The minimum atomic E-state index is -0.00412. The fourth-order valence-corrected chi connectivity index (χ4v) is 2.20. The third-order valence-corrected chi connectivity index (χ3v) is 3.23. The molecule has 2 N–H and O–H groups in total. The molecule has 0 spiro atoms. The first-order valence-corrected chi connectivity index (χ1v) is 5.94. The Labute approximate surface area is 98.9 Å². The maximum Gasteiger partial charge on any atom is 0.119 e. The molecule has 4 heteroatoms. The number of benzene rings is 1. The van der Waals surface area contributed by atoms with Crippen molar-refractivity contribution < 1.29 is 4.74 Å². The van der Waals surface area contributed by atoms with Crippen molar-refractivity contribution in [2.45, 2.75) is 12.5 Å². The molecule has 0 bridgehead atoms. The number of aromatic nitrogens is 1. The Morgan fingerprint density at radius 2 is 2.38 bits per heavy atom. The lowest BCUT2D eigenvalue weighted by molar-refractivity contribution is 0.414. The van der Waals surface area contributed by atoms with Gasteiger partial charge in [-0.2, -0.15) is 0 Å². The summed E-state index contributed by atoms with van der Waals surface area (Å²) in [5.41, 5.74) is 9.05. The van der Waals surface area contributed by atoms with E-state index in [1.165, 1.54) is 4.88 Å². The molecule has 0 radical (unpaired) electrons. The largest absolute Gasteiger partial charge is 0.497 e. The van der Waals surface area contributed by atoms with Crippen LogP contribution in [-0.2, 0) is 6.42 Å². The van der Waals surface area contributed by atoms with E-state index < -0.39 is 0 Å². The van der Waals surface area contributed by atoms with E-state index in [2.05, 4.69) is 4.98 Å². The highest BCUT2D eigenvalue weighted by atomic mass is 32.1. The molecule has 1 atom stereocenters. The van der Waals surface area contributed by atoms with Gasteiger partial charge in [-0.15, -0.1) is 11.3 Å². The van der Waals surface area contributed by atoms with Crippen molar-refractivity contribution in [3.8, 4) is 5.75 Å². The van der Waals surface area contributed by atoms with Gasteiger partial charge in [0.15, 0.2) is 0 Å². The lowest BCUT2D eigenvalue weighted by Crippen LogP contribution is -2.12. The van der Waals surface area contributed by atoms with Crippen molar-refractivity contribution in [1.82, 2.24) is 4.98 Å². The maximum absolute atomic E-state index is 6.13. The van der Waals surface area contributed by atoms with Gasteiger partial charge in [0.25, 0.3) is 0 Å². The highest BCUT2D eigenvalue weighted by Gasteiger charge is 2.08. The number of thiazole rings is 1. The summed E-state index contributed by atoms with van der Waals surface area (Å²) in [6.45, 7) is 0. The van der Waals surface area contributed by atoms with Gasteiger partial charge in [0.05, 0.1) is 12.6 Å². The number of ether oxygens (including phenoxy) is 1. The van der Waals surface area contributed by atoms with Crippen LogP contribution in [-0.4, -0.2) is 12.1 Å². The number of hydrogen-bond donors (Lipinski definition) is 1. The Morgan fingerprint density at radius 1 is 1.50 bits per heavy atom. The van der Waals surface area contributed by atoms with Gasteiger partial charge in [0.1, 0.15) is 5.75 Å². The van der Waals surface area contributed by atoms with E-state index in [0.717, 1.165) is 17.7 Å². The molecule has 0 saturated heterocycles. The smallest absolute Gasteiger partial charge is 0.119 e. The number of nitrogens with zero attached hydrogens (tertiary/aromatic N) is 1. The predicted octanol–water partition coefficient (Wildman–Crippen LogP) is 2.39. The number of nitrogens with two attached hydrogens (primary N) is 1. The molecular weight excluding hydrogens is 220 g/mol. The quantitative estimate of drug-likeness (QED) is 0.883. The first kappa shape index (κ1) is 11.1. The number of methoxy groups -OCH3 is 1. The molecule has 0 aliphatic rings. The number of hydrogen-bond acceptors (Lipinski definition) is 4. The zero-order valence-electron chi connectivity index (χ0n) is 9.09. The van der Waals surface area contributed by atoms with Gasteiger partial charge in [-0.25, -0.2) is 0 Å². The molecule has 16 heavy (non-hydrogen) atoms. The molecule has 0 aliphatic heterocycles. The van der Waals surface area contributed by atoms with Crippen LogP contribution in [0.5, 0.6) is 5.75 Å². The van der Waals surface area contributed by atoms with Crippen molar-refractivity contribution in [1.29, 1.82) is 0 Å². The Balaban J connectivity index is 2.11. The first-order chi connectivity index (χ1) is 7.79. The summed E-state index contributed by atoms with van der Waals surface area (Å²) < 4.78 is 5.17. The summed E-state index contributed by atoms with van der Waals surface area (Å²) in [7, 11) is 1.66. The average Bonchev–Trinajstić information content (AvgIpc) is 2.82. The molecule has 1 heterocycles. The molecule has 3 nitrogen and oxygen atoms in total. The molecule has 1 aromatic carbocycles. The van der Waals surface area contributed by atoms with Crippen molar-refractivity contribution in [2.24, 2.45) is 5.73 Å². The fraction of sp³-hybridized carbons (Fsp3) is 0.250. The molecule has 0 aliphatic carbocycles. The van der Waals surface area contributed by atoms with Gasteiger partial charge >= 0.3 is 0 Å². The summed E-state index contributed by atoms with van der Waals surface area (Å²) in [5.74, 6) is 0.845. The van der Waals surface area contributed by atoms with Gasteiger partial charge in [-0.05, 0) is 17.7 Å². The lowest BCUT2D eigenvalue weighted by Gasteiger charge is -2.11. The van der Waals surface area contributed by atoms with E-state index in [9.17, 15) is 0 Å². The second kappa shape index (κ2) is 5.09. The van der Waals surface area contributed by atoms with Crippen LogP contribution in [0.2, 0.25) is 0 Å². The highest BCUT2D eigenvalue weighted by Crippen LogP contribution is 2.21. The Hall–Kier alpha value is -1.39. The number of rotatable bonds is 4. The molecule has 1 aromatic heterocycles. The van der Waals surface area contributed by atoms with Crippen LogP contribution in [0.25, 0.3) is 0 Å². The fourth-order valence-electron chi connectivity index (χ4n) is 1.55. The summed E-state index contributed by atoms with van der Waals surface area (Å²) in [4.78, 5) is 5.24. The van der Waals surface area contributed by atoms with E-state index in [1.54, 1.807) is 18.4 Å². The monoisotopic (exact) mass is 234 g/mol. The molecule has 2 aromatic rings. The van der Waals surface area contributed by atoms with Crippen LogP contribution in [0.3, 0.4) is 0 Å². The van der Waals surface area contributed by atoms with Crippen molar-refractivity contribution in [3.63, 3.8) is 0 Å². The minimum Gasteiger partial charge on any atom is -0.497 e. The molecule has 84 valence electrons. The maximum atomic E-state index is 6.13. The normalized spacial score (nSPS) is 12.4. The second-order valence-corrected chi connectivity index (χ2v) is 4.53. The van der Waals surface area contributed by atoms with Crippen LogP contribution < -0.4 is 10.5 Å². The zero-order valence-corrected chi connectivity index (χ0v) is 9.91. The van der Waals surface area contributed by atoms with Gasteiger partial charge in [-0.1, -0.05) is 12.1 Å². The zero-order chi connectivity index (χ0) is 11.4. The van der Waals surface area contributed by atoms with E-state index in [0.29, 0.717) is 0 Å². The summed E-state index contributed by atoms with van der Waals surface area (Å²) in [6.07, 6.45) is 2.68. The van der Waals surface area contributed by atoms with Crippen molar-refractivity contribution in [2.75, 3.05) is 7.11 Å². The Kier molecular flexibility index (Phi) is 3.54. The molecule has 0 saturated carbocycles. The van der Waals surface area contributed by atoms with Crippen LogP contribution in [0.15, 0.2) is 36.0 Å². The third kappa shape index (κ3) is 2.59. The first-order valence-electron chi connectivity index (χ1n) is 5.06. The molecule has 0 fully saturated rings. The van der Waals surface area contributed by atoms with Gasteiger partial charge < -0.3 is 10.5 Å². The molecule has 2 rings (SSSR count). The van der Waals surface area contributed by atoms with Crippen molar-refractivity contribution >= 4 is 11.3 Å². The standard InChI is InChI=1S/C12H14N2OS/c1-15-10-4-2-3-9(5-10)12(13)6-11-7-14-8-16-11/h2-5,7-8,12H,6,13H2,1H3. The highest BCUT2D eigenvalue weighted by molar-refractivity contribution is 7.09. The third-order valence-electron chi connectivity index (χ3n) is 2.43. The van der Waals surface area contributed by atoms with Crippen molar-refractivity contribution in [3.05, 3.63) is 46.4 Å². The Morgan fingerprint density at radius 3 is 3.06 bits per heavy atom. The van der Waals surface area contributed by atoms with E-state index in [1.807, 2.05) is 36.0 Å². The van der Waals surface area contributed by atoms with E-state index in [-0.39, 0.29) is 6.04 Å². The van der Waals surface area contributed by atoms with E-state index in [4.69, 9.17) is 10.5 Å². The minimum absolute atomic E-state index is 0.00412. The van der Waals surface area contributed by atoms with Crippen LogP contribution in [0, 0.1) is 0 Å². The van der Waals surface area contributed by atoms with Crippen LogP contribution in [0.4, 0.5) is 0 Å². The second-order valence-electron chi connectivity index (χ2n) is 3.55. The predicted molar refractivity (Wildman–Crippen MR) is 65.7 cm³/mol. The van der Waals surface area contributed by atoms with Crippen LogP contribution in [0.1, 0.15) is 16.5 Å². The van der Waals surface area contributed by atoms with Crippen LogP contribution >= 0.6 is 11.3 Å². The Bertz CT molecular complexity index is 442. The lowest BCUT2D eigenvalue weighted by atomic mass is 10.0. The summed E-state index contributed by atoms with van der Waals surface area (Å²) in [6, 6.07) is 7.87. The van der Waals surface area contributed by atoms with Gasteiger partial charge in [-0.3, -0.25) is 4.98 Å². The van der Waals surface area contributed by atoms with E-state index >= 15 is 0 Å². The van der Waals surface area contributed by atoms with Gasteiger partial charge in [0, 0.05) is 23.5 Å². The summed E-state index contributed by atoms with van der Waals surface area (Å²) >= 11 is 1.63. The topological polar surface area (TPSA) is 48.1 Å². The molecule has 0 amide bonds. The molecule has 1 unspecified atom stereocenters. The average molecular weight is 234 g/mol. The summed E-state index contributed by atoms with van der Waals surface area (Å²) in [5, 5.41) is 0. The SMILES string of the molecule is COc1cccc(C(N)Cc2cncs2)c1. The van der Waals surface area contributed by atoms with Gasteiger partial charge in [0.2, 0.25) is 0 Å². The molecular formula is C12H14N2OS.